The predicted octanol–water partition coefficient (Wildman–Crippen LogP) is 1.89. The molecular weight excluding hydrogens is 380 g/mol. The van der Waals surface area contributed by atoms with Crippen LogP contribution in [-0.4, -0.2) is 48.7 Å². The van der Waals surface area contributed by atoms with Gasteiger partial charge in [-0.3, -0.25) is 9.48 Å². The van der Waals surface area contributed by atoms with Gasteiger partial charge in [0.1, 0.15) is 5.52 Å². The number of hydrogen-bond donors (Lipinski definition) is 2. The minimum atomic E-state index is -0.113. The third-order valence-electron chi connectivity index (χ3n) is 5.43. The predicted molar refractivity (Wildman–Crippen MR) is 106 cm³/mol. The van der Waals surface area contributed by atoms with Crippen molar-refractivity contribution in [1.82, 2.24) is 35.0 Å². The second-order valence-electron chi connectivity index (χ2n) is 7.19. The number of anilines is 1. The van der Waals surface area contributed by atoms with Crippen molar-refractivity contribution in [3.8, 4) is 0 Å². The minimum Gasteiger partial charge on any atom is -0.354 e. The Hall–Kier alpha value is -2.68. The van der Waals surface area contributed by atoms with Gasteiger partial charge in [-0.15, -0.1) is 0 Å². The number of imidazole rings is 1. The quantitative estimate of drug-likeness (QED) is 0.646. The highest BCUT2D eigenvalue weighted by Crippen LogP contribution is 2.27. The number of hydrogen-bond acceptors (Lipinski definition) is 6. The number of aryl methyl sites for hydroxylation is 2. The Bertz CT molecular complexity index is 1030. The highest BCUT2D eigenvalue weighted by Gasteiger charge is 2.28. The van der Waals surface area contributed by atoms with Crippen LogP contribution in [0.25, 0.3) is 11.2 Å². The van der Waals surface area contributed by atoms with Crippen LogP contribution in [0.4, 0.5) is 5.82 Å². The van der Waals surface area contributed by atoms with Gasteiger partial charge in [0.05, 0.1) is 17.9 Å². The zero-order valence-electron chi connectivity index (χ0n) is 16.2. The molecule has 3 aromatic rings. The molecule has 9 nitrogen and oxygen atoms in total. The zero-order valence-corrected chi connectivity index (χ0v) is 16.9. The van der Waals surface area contributed by atoms with Gasteiger partial charge in [-0.2, -0.15) is 15.1 Å². The molecule has 1 aliphatic heterocycles. The van der Waals surface area contributed by atoms with Crippen LogP contribution in [0, 0.1) is 19.8 Å². The number of carbonyl (C=O) groups excluding carboxylic acids is 1. The first-order valence-corrected chi connectivity index (χ1v) is 9.70. The largest absolute Gasteiger partial charge is 0.354 e. The normalized spacial score (nSPS) is 17.3. The molecule has 0 aromatic carbocycles. The summed E-state index contributed by atoms with van der Waals surface area (Å²) in [5.41, 5.74) is 4.37. The van der Waals surface area contributed by atoms with Crippen molar-refractivity contribution in [2.75, 3.05) is 18.0 Å². The Kier molecular flexibility index (Phi) is 4.92. The molecule has 1 unspecified atom stereocenters. The lowest BCUT2D eigenvalue weighted by Gasteiger charge is -2.33. The summed E-state index contributed by atoms with van der Waals surface area (Å²) in [6, 6.07) is 0. The van der Waals surface area contributed by atoms with Gasteiger partial charge in [-0.1, -0.05) is 0 Å². The first-order valence-electron chi connectivity index (χ1n) is 9.32. The summed E-state index contributed by atoms with van der Waals surface area (Å²) in [7, 11) is 1.91. The van der Waals surface area contributed by atoms with E-state index < -0.39 is 0 Å². The second kappa shape index (κ2) is 7.38. The number of fused-ring (bicyclic) bond motifs is 1. The van der Waals surface area contributed by atoms with Crippen molar-refractivity contribution in [2.45, 2.75) is 33.2 Å². The fraction of sp³-hybridized carbons (Fsp3) is 0.500. The summed E-state index contributed by atoms with van der Waals surface area (Å²) in [5.74, 6) is 0.634. The van der Waals surface area contributed by atoms with Crippen LogP contribution in [0.15, 0.2) is 6.33 Å². The number of aromatic nitrogens is 6. The Morgan fingerprint density at radius 3 is 2.96 bits per heavy atom. The molecule has 4 heterocycles. The second-order valence-corrected chi connectivity index (χ2v) is 7.53. The summed E-state index contributed by atoms with van der Waals surface area (Å²) in [4.78, 5) is 30.6. The van der Waals surface area contributed by atoms with Crippen molar-refractivity contribution in [1.29, 1.82) is 0 Å². The van der Waals surface area contributed by atoms with Gasteiger partial charge in [-0.05, 0) is 38.3 Å². The summed E-state index contributed by atoms with van der Waals surface area (Å²) >= 11 is 6.06. The smallest absolute Gasteiger partial charge is 0.226 e. The lowest BCUT2D eigenvalue weighted by atomic mass is 9.97. The molecule has 0 saturated carbocycles. The molecule has 28 heavy (non-hydrogen) atoms. The van der Waals surface area contributed by atoms with E-state index in [1.807, 2.05) is 25.6 Å². The molecule has 0 bridgehead atoms. The van der Waals surface area contributed by atoms with Crippen molar-refractivity contribution < 1.29 is 4.79 Å². The molecule has 0 spiro atoms. The lowest BCUT2D eigenvalue weighted by Crippen LogP contribution is -2.43. The van der Waals surface area contributed by atoms with Crippen LogP contribution in [-0.2, 0) is 18.4 Å². The van der Waals surface area contributed by atoms with Gasteiger partial charge < -0.3 is 15.2 Å². The molecular formula is C18H23ClN8O. The minimum absolute atomic E-state index is 0.0494. The number of piperidine rings is 1. The van der Waals surface area contributed by atoms with Crippen molar-refractivity contribution >= 4 is 34.5 Å². The molecule has 3 aromatic heterocycles. The molecule has 1 amide bonds. The van der Waals surface area contributed by atoms with Crippen LogP contribution in [0.1, 0.15) is 29.8 Å². The number of amides is 1. The maximum atomic E-state index is 12.8. The van der Waals surface area contributed by atoms with E-state index in [9.17, 15) is 4.79 Å². The summed E-state index contributed by atoms with van der Waals surface area (Å²) in [6.45, 7) is 5.86. The highest BCUT2D eigenvalue weighted by atomic mass is 35.5. The fourth-order valence-electron chi connectivity index (χ4n) is 3.80. The maximum Gasteiger partial charge on any atom is 0.226 e. The third kappa shape index (κ3) is 3.42. The Morgan fingerprint density at radius 1 is 1.39 bits per heavy atom. The summed E-state index contributed by atoms with van der Waals surface area (Å²) in [5, 5.41) is 7.64. The fourth-order valence-corrected chi connectivity index (χ4v) is 3.96. The SMILES string of the molecule is Cc1nn(C)c(C)c1CNC(=O)C1CCCN(c2nc(Cl)nc3nc[nH]c23)C1. The number of H-pyrrole nitrogens is 1. The van der Waals surface area contributed by atoms with Crippen LogP contribution in [0.5, 0.6) is 0 Å². The van der Waals surface area contributed by atoms with E-state index in [-0.39, 0.29) is 17.1 Å². The number of rotatable bonds is 4. The van der Waals surface area contributed by atoms with Crippen molar-refractivity contribution in [2.24, 2.45) is 13.0 Å². The van der Waals surface area contributed by atoms with Gasteiger partial charge in [0.25, 0.3) is 0 Å². The highest BCUT2D eigenvalue weighted by molar-refractivity contribution is 6.28. The van der Waals surface area contributed by atoms with Crippen LogP contribution < -0.4 is 10.2 Å². The van der Waals surface area contributed by atoms with Crippen molar-refractivity contribution in [3.05, 3.63) is 28.6 Å². The van der Waals surface area contributed by atoms with Crippen LogP contribution in [0.2, 0.25) is 5.28 Å². The van der Waals surface area contributed by atoms with E-state index in [1.165, 1.54) is 0 Å². The molecule has 2 N–H and O–H groups in total. The molecule has 0 radical (unpaired) electrons. The number of nitrogens with zero attached hydrogens (tertiary/aromatic N) is 6. The Labute approximate surface area is 167 Å². The van der Waals surface area contributed by atoms with E-state index in [0.717, 1.165) is 41.9 Å². The van der Waals surface area contributed by atoms with Gasteiger partial charge in [0.2, 0.25) is 11.2 Å². The molecule has 10 heteroatoms. The molecule has 1 saturated heterocycles. The summed E-state index contributed by atoms with van der Waals surface area (Å²) in [6.07, 6.45) is 3.32. The Balaban J connectivity index is 1.47. The van der Waals surface area contributed by atoms with Crippen molar-refractivity contribution in [3.63, 3.8) is 0 Å². The molecule has 1 atom stereocenters. The standard InChI is InChI=1S/C18H23ClN8O/c1-10-13(11(2)26(3)25-10)7-20-17(28)12-5-4-6-27(8-12)16-14-15(22-9-21-14)23-18(19)24-16/h9,12H,4-8H2,1-3H3,(H,20,28)(H,21,22,23,24). The van der Waals surface area contributed by atoms with Gasteiger partial charge in [0, 0.05) is 37.9 Å². The third-order valence-corrected chi connectivity index (χ3v) is 5.60. The van der Waals surface area contributed by atoms with Crippen LogP contribution >= 0.6 is 11.6 Å². The topological polar surface area (TPSA) is 105 Å². The van der Waals surface area contributed by atoms with Gasteiger partial charge in [-0.25, -0.2) is 4.98 Å². The number of aromatic amines is 1. The molecule has 1 fully saturated rings. The number of nitrogens with one attached hydrogen (secondary N) is 2. The zero-order chi connectivity index (χ0) is 19.8. The van der Waals surface area contributed by atoms with Gasteiger partial charge >= 0.3 is 0 Å². The average molecular weight is 403 g/mol. The monoisotopic (exact) mass is 402 g/mol. The molecule has 1 aliphatic rings. The number of carbonyl (C=O) groups is 1. The molecule has 148 valence electrons. The van der Waals surface area contributed by atoms with Gasteiger partial charge in [0.15, 0.2) is 11.5 Å². The first-order chi connectivity index (χ1) is 13.4. The number of halogens is 1. The maximum absolute atomic E-state index is 12.8. The van der Waals surface area contributed by atoms with E-state index >= 15 is 0 Å². The first kappa shape index (κ1) is 18.7. The van der Waals surface area contributed by atoms with E-state index in [4.69, 9.17) is 11.6 Å². The molecule has 4 rings (SSSR count). The molecule has 0 aliphatic carbocycles. The Morgan fingerprint density at radius 2 is 2.21 bits per heavy atom. The van der Waals surface area contributed by atoms with E-state index in [1.54, 1.807) is 6.33 Å². The van der Waals surface area contributed by atoms with E-state index in [2.05, 4.69) is 35.3 Å². The van der Waals surface area contributed by atoms with Crippen LogP contribution in [0.3, 0.4) is 0 Å². The lowest BCUT2D eigenvalue weighted by molar-refractivity contribution is -0.125. The summed E-state index contributed by atoms with van der Waals surface area (Å²) < 4.78 is 1.84. The van der Waals surface area contributed by atoms with E-state index in [0.29, 0.717) is 24.6 Å². The average Bonchev–Trinajstić information content (AvgIpc) is 3.24.